The SMILES string of the molecule is C=O.O=C(O)CCC(=O)O.[NaH]. The number of rotatable bonds is 3. The van der Waals surface area contributed by atoms with Crippen molar-refractivity contribution in [1.29, 1.82) is 0 Å². The van der Waals surface area contributed by atoms with E-state index in [4.69, 9.17) is 15.0 Å². The summed E-state index contributed by atoms with van der Waals surface area (Å²) in [6, 6.07) is 0. The average molecular weight is 172 g/mol. The second-order valence-corrected chi connectivity index (χ2v) is 1.29. The number of hydrogen-bond acceptors (Lipinski definition) is 3. The zero-order valence-corrected chi connectivity index (χ0v) is 5.24. The van der Waals surface area contributed by atoms with Gasteiger partial charge in [0.2, 0.25) is 0 Å². The Morgan fingerprint density at radius 1 is 1.00 bits per heavy atom. The van der Waals surface area contributed by atoms with Crippen molar-refractivity contribution in [2.24, 2.45) is 0 Å². The van der Waals surface area contributed by atoms with Crippen LogP contribution in [0.5, 0.6) is 0 Å². The molecule has 0 bridgehead atoms. The molecule has 60 valence electrons. The van der Waals surface area contributed by atoms with E-state index < -0.39 is 11.9 Å². The third-order valence-electron chi connectivity index (χ3n) is 0.553. The van der Waals surface area contributed by atoms with E-state index in [0.717, 1.165) is 0 Å². The van der Waals surface area contributed by atoms with Crippen molar-refractivity contribution in [2.75, 3.05) is 0 Å². The molecule has 0 spiro atoms. The number of aliphatic carboxylic acids is 2. The molecule has 0 aromatic carbocycles. The molecule has 5 nitrogen and oxygen atoms in total. The first-order chi connectivity index (χ1) is 4.63. The first kappa shape index (κ1) is 16.9. The van der Waals surface area contributed by atoms with Crippen LogP contribution in [0.25, 0.3) is 0 Å². The number of carboxylic acid groups (broad SMARTS) is 2. The first-order valence-corrected chi connectivity index (χ1v) is 2.35. The van der Waals surface area contributed by atoms with Crippen LogP contribution in [0.1, 0.15) is 12.8 Å². The van der Waals surface area contributed by atoms with Gasteiger partial charge in [-0.2, -0.15) is 0 Å². The van der Waals surface area contributed by atoms with E-state index in [9.17, 15) is 9.59 Å². The van der Waals surface area contributed by atoms with Gasteiger partial charge in [-0.3, -0.25) is 9.59 Å². The summed E-state index contributed by atoms with van der Waals surface area (Å²) in [5, 5.41) is 15.8. The molecule has 0 saturated carbocycles. The summed E-state index contributed by atoms with van der Waals surface area (Å²) in [5.74, 6) is -2.15. The topological polar surface area (TPSA) is 91.7 Å². The standard InChI is InChI=1S/C4H6O4.CH2O.Na.H/c5-3(6)1-2-4(7)8;1-2;;/h1-2H2,(H,5,6)(H,7,8);1H2;;. The predicted molar refractivity (Wildman–Crippen MR) is 38.8 cm³/mol. The second kappa shape index (κ2) is 12.3. The van der Waals surface area contributed by atoms with E-state index >= 15 is 0 Å². The van der Waals surface area contributed by atoms with Crippen LogP contribution >= 0.6 is 0 Å². The quantitative estimate of drug-likeness (QED) is 0.538. The van der Waals surface area contributed by atoms with Crippen molar-refractivity contribution in [3.63, 3.8) is 0 Å². The summed E-state index contributed by atoms with van der Waals surface area (Å²) in [6.45, 7) is 2.00. The molecule has 11 heavy (non-hydrogen) atoms. The van der Waals surface area contributed by atoms with Gasteiger partial charge in [-0.1, -0.05) is 0 Å². The molecule has 0 aliphatic heterocycles. The molecule has 0 aromatic rings. The summed E-state index contributed by atoms with van der Waals surface area (Å²) in [5.41, 5.74) is 0. The summed E-state index contributed by atoms with van der Waals surface area (Å²) < 4.78 is 0. The second-order valence-electron chi connectivity index (χ2n) is 1.29. The fourth-order valence-electron chi connectivity index (χ4n) is 0.214. The third-order valence-corrected chi connectivity index (χ3v) is 0.553. The Balaban J connectivity index is -0.000000196. The van der Waals surface area contributed by atoms with Crippen LogP contribution < -0.4 is 0 Å². The Morgan fingerprint density at radius 2 is 1.18 bits per heavy atom. The van der Waals surface area contributed by atoms with Crippen LogP contribution in [0.3, 0.4) is 0 Å². The number of carboxylic acids is 2. The Hall–Kier alpha value is -0.390. The molecule has 0 radical (unpaired) electrons. The van der Waals surface area contributed by atoms with E-state index in [-0.39, 0.29) is 42.4 Å². The molecule has 0 aromatic heterocycles. The van der Waals surface area contributed by atoms with Gasteiger partial charge in [0.1, 0.15) is 6.79 Å². The Bertz CT molecular complexity index is 110. The zero-order chi connectivity index (χ0) is 8.57. The number of carbonyl (C=O) groups excluding carboxylic acids is 1. The van der Waals surface area contributed by atoms with Crippen LogP contribution in [-0.4, -0.2) is 58.5 Å². The van der Waals surface area contributed by atoms with Gasteiger partial charge in [-0.05, 0) is 0 Å². The average Bonchev–Trinajstić information content (AvgIpc) is 1.89. The molecule has 0 heterocycles. The van der Waals surface area contributed by atoms with Crippen molar-refractivity contribution in [1.82, 2.24) is 0 Å². The first-order valence-electron chi connectivity index (χ1n) is 2.35. The Labute approximate surface area is 85.7 Å². The van der Waals surface area contributed by atoms with Crippen molar-refractivity contribution in [3.8, 4) is 0 Å². The molecule has 0 aliphatic carbocycles. The summed E-state index contributed by atoms with van der Waals surface area (Å²) >= 11 is 0. The van der Waals surface area contributed by atoms with Crippen LogP contribution in [0, 0.1) is 0 Å². The molecule has 0 aliphatic rings. The molecule has 0 unspecified atom stereocenters. The predicted octanol–water partition coefficient (Wildman–Crippen LogP) is -0.898. The molecule has 0 rings (SSSR count). The van der Waals surface area contributed by atoms with Gasteiger partial charge in [0, 0.05) is 0 Å². The van der Waals surface area contributed by atoms with Crippen molar-refractivity contribution in [3.05, 3.63) is 0 Å². The van der Waals surface area contributed by atoms with Gasteiger partial charge >= 0.3 is 41.5 Å². The Morgan fingerprint density at radius 3 is 1.27 bits per heavy atom. The Kier molecular flexibility index (Phi) is 18.9. The maximum absolute atomic E-state index is 9.64. The van der Waals surface area contributed by atoms with Gasteiger partial charge in [-0.15, -0.1) is 0 Å². The van der Waals surface area contributed by atoms with Gasteiger partial charge in [0.15, 0.2) is 0 Å². The van der Waals surface area contributed by atoms with Crippen LogP contribution in [0.2, 0.25) is 0 Å². The summed E-state index contributed by atoms with van der Waals surface area (Å²) in [4.78, 5) is 27.3. The van der Waals surface area contributed by atoms with E-state index in [1.54, 1.807) is 0 Å². The van der Waals surface area contributed by atoms with Gasteiger partial charge in [0.05, 0.1) is 12.8 Å². The van der Waals surface area contributed by atoms with Crippen LogP contribution in [0.4, 0.5) is 0 Å². The van der Waals surface area contributed by atoms with E-state index in [1.165, 1.54) is 0 Å². The fraction of sp³-hybridized carbons (Fsp3) is 0.400. The van der Waals surface area contributed by atoms with Crippen molar-refractivity contribution >= 4 is 48.3 Å². The monoisotopic (exact) mass is 172 g/mol. The molecule has 0 fully saturated rings. The van der Waals surface area contributed by atoms with Crippen LogP contribution in [0.15, 0.2) is 0 Å². The molecule has 0 saturated heterocycles. The summed E-state index contributed by atoms with van der Waals surface area (Å²) in [7, 11) is 0. The van der Waals surface area contributed by atoms with Crippen LogP contribution in [-0.2, 0) is 14.4 Å². The maximum atomic E-state index is 9.64. The van der Waals surface area contributed by atoms with Gasteiger partial charge < -0.3 is 15.0 Å². The third kappa shape index (κ3) is 26.2. The van der Waals surface area contributed by atoms with Crippen molar-refractivity contribution < 1.29 is 24.6 Å². The summed E-state index contributed by atoms with van der Waals surface area (Å²) in [6.07, 6.45) is -0.593. The molecule has 2 N–H and O–H groups in total. The normalized spacial score (nSPS) is 6.55. The fourth-order valence-corrected chi connectivity index (χ4v) is 0.214. The van der Waals surface area contributed by atoms with E-state index in [1.807, 2.05) is 6.79 Å². The molecular formula is C5H9NaO5. The van der Waals surface area contributed by atoms with E-state index in [0.29, 0.717) is 0 Å². The number of carbonyl (C=O) groups is 3. The number of hydrogen-bond donors (Lipinski definition) is 2. The van der Waals surface area contributed by atoms with E-state index in [2.05, 4.69) is 0 Å². The van der Waals surface area contributed by atoms with Gasteiger partial charge in [0.25, 0.3) is 0 Å². The molecule has 6 heteroatoms. The van der Waals surface area contributed by atoms with Gasteiger partial charge in [-0.25, -0.2) is 0 Å². The minimum absolute atomic E-state index is 0. The zero-order valence-electron chi connectivity index (χ0n) is 5.24. The molecule has 0 amide bonds. The molecular weight excluding hydrogens is 163 g/mol. The minimum atomic E-state index is -1.08. The molecule has 0 atom stereocenters. The van der Waals surface area contributed by atoms with Crippen molar-refractivity contribution in [2.45, 2.75) is 12.8 Å².